The van der Waals surface area contributed by atoms with Gasteiger partial charge in [-0.3, -0.25) is 9.69 Å². The zero-order chi connectivity index (χ0) is 13.0. The summed E-state index contributed by atoms with van der Waals surface area (Å²) in [5.41, 5.74) is 2.68. The Morgan fingerprint density at radius 2 is 2.22 bits per heavy atom. The van der Waals surface area contributed by atoms with Gasteiger partial charge in [0.1, 0.15) is 0 Å². The van der Waals surface area contributed by atoms with E-state index in [0.29, 0.717) is 12.5 Å². The number of amides is 1. The van der Waals surface area contributed by atoms with Gasteiger partial charge in [0.05, 0.1) is 17.6 Å². The molecule has 0 atom stereocenters. The van der Waals surface area contributed by atoms with E-state index in [-0.39, 0.29) is 5.91 Å². The van der Waals surface area contributed by atoms with Crippen LogP contribution in [0, 0.1) is 0 Å². The average molecular weight is 267 g/mol. The lowest BCUT2D eigenvalue weighted by molar-refractivity contribution is -0.130. The quantitative estimate of drug-likeness (QED) is 0.835. The Labute approximate surface area is 113 Å². The predicted octanol–water partition coefficient (Wildman–Crippen LogP) is 1.63. The van der Waals surface area contributed by atoms with E-state index >= 15 is 0 Å². The van der Waals surface area contributed by atoms with E-state index in [1.165, 1.54) is 0 Å². The molecule has 2 rings (SSSR count). The van der Waals surface area contributed by atoms with Crippen molar-refractivity contribution in [2.45, 2.75) is 32.7 Å². The Morgan fingerprint density at radius 1 is 1.39 bits per heavy atom. The first-order chi connectivity index (χ1) is 8.66. The maximum atomic E-state index is 12.2. The second-order valence-corrected chi connectivity index (χ2v) is 5.74. The summed E-state index contributed by atoms with van der Waals surface area (Å²) in [7, 11) is 0. The normalized spacial score (nSPS) is 18.1. The molecule has 0 bridgehead atoms. The molecule has 0 spiro atoms. The van der Waals surface area contributed by atoms with Gasteiger partial charge in [0.2, 0.25) is 5.91 Å². The van der Waals surface area contributed by atoms with E-state index in [2.05, 4.69) is 23.7 Å². The topological polar surface area (TPSA) is 36.4 Å². The molecule has 0 saturated carbocycles. The highest BCUT2D eigenvalue weighted by atomic mass is 32.1. The molecule has 1 amide bonds. The first-order valence-corrected chi connectivity index (χ1v) is 7.50. The maximum absolute atomic E-state index is 12.2. The fourth-order valence-corrected chi connectivity index (χ4v) is 2.85. The molecule has 100 valence electrons. The summed E-state index contributed by atoms with van der Waals surface area (Å²) in [6.45, 7) is 8.24. The second kappa shape index (κ2) is 6.29. The van der Waals surface area contributed by atoms with Crippen molar-refractivity contribution in [2.24, 2.45) is 0 Å². The van der Waals surface area contributed by atoms with Crippen LogP contribution in [-0.2, 0) is 11.2 Å². The number of hydrogen-bond donors (Lipinski definition) is 0. The number of aromatic nitrogens is 1. The molecule has 5 heteroatoms. The van der Waals surface area contributed by atoms with Crippen molar-refractivity contribution in [2.75, 3.05) is 26.2 Å². The first-order valence-electron chi connectivity index (χ1n) is 6.55. The van der Waals surface area contributed by atoms with Crippen molar-refractivity contribution in [3.05, 3.63) is 16.6 Å². The van der Waals surface area contributed by atoms with Gasteiger partial charge >= 0.3 is 0 Å². The highest BCUT2D eigenvalue weighted by molar-refractivity contribution is 7.07. The van der Waals surface area contributed by atoms with E-state index in [4.69, 9.17) is 0 Å². The molecule has 1 aromatic heterocycles. The smallest absolute Gasteiger partial charge is 0.228 e. The highest BCUT2D eigenvalue weighted by Crippen LogP contribution is 2.09. The molecule has 0 aromatic carbocycles. The van der Waals surface area contributed by atoms with Gasteiger partial charge in [-0.1, -0.05) is 0 Å². The maximum Gasteiger partial charge on any atom is 0.228 e. The summed E-state index contributed by atoms with van der Waals surface area (Å²) in [4.78, 5) is 20.8. The molecule has 0 aliphatic carbocycles. The Kier molecular flexibility index (Phi) is 4.72. The minimum atomic E-state index is 0.214. The molecule has 1 aliphatic heterocycles. The molecule has 0 radical (unpaired) electrons. The van der Waals surface area contributed by atoms with Crippen molar-refractivity contribution >= 4 is 17.2 Å². The molecule has 1 fully saturated rings. The Morgan fingerprint density at radius 3 is 2.89 bits per heavy atom. The lowest BCUT2D eigenvalue weighted by atomic mass is 10.3. The van der Waals surface area contributed by atoms with E-state index < -0.39 is 0 Å². The zero-order valence-electron chi connectivity index (χ0n) is 11.1. The fraction of sp³-hybridized carbons (Fsp3) is 0.692. The van der Waals surface area contributed by atoms with Crippen LogP contribution in [0.3, 0.4) is 0 Å². The van der Waals surface area contributed by atoms with Crippen LogP contribution in [0.2, 0.25) is 0 Å². The molecule has 4 nitrogen and oxygen atoms in total. The highest BCUT2D eigenvalue weighted by Gasteiger charge is 2.20. The summed E-state index contributed by atoms with van der Waals surface area (Å²) in [5, 5.41) is 1.95. The summed E-state index contributed by atoms with van der Waals surface area (Å²) < 4.78 is 0. The third-order valence-electron chi connectivity index (χ3n) is 3.43. The van der Waals surface area contributed by atoms with Gasteiger partial charge in [-0.15, -0.1) is 11.3 Å². The van der Waals surface area contributed by atoms with Crippen LogP contribution in [0.5, 0.6) is 0 Å². The SMILES string of the molecule is CC(C)N1CCCN(C(=O)Cc2cscn2)CC1. The number of carbonyl (C=O) groups excluding carboxylic acids is 1. The van der Waals surface area contributed by atoms with Gasteiger partial charge in [-0.25, -0.2) is 4.98 Å². The predicted molar refractivity (Wildman–Crippen MR) is 73.7 cm³/mol. The summed E-state index contributed by atoms with van der Waals surface area (Å²) in [6, 6.07) is 0.568. The number of rotatable bonds is 3. The third-order valence-corrected chi connectivity index (χ3v) is 4.06. The van der Waals surface area contributed by atoms with Gasteiger partial charge in [0, 0.05) is 37.6 Å². The van der Waals surface area contributed by atoms with E-state index in [1.54, 1.807) is 16.8 Å². The van der Waals surface area contributed by atoms with E-state index in [9.17, 15) is 4.79 Å². The Balaban J connectivity index is 1.87. The monoisotopic (exact) mass is 267 g/mol. The number of hydrogen-bond acceptors (Lipinski definition) is 4. The Bertz CT molecular complexity index is 378. The number of thiazole rings is 1. The van der Waals surface area contributed by atoms with Crippen LogP contribution in [-0.4, -0.2) is 52.9 Å². The van der Waals surface area contributed by atoms with Crippen LogP contribution in [0.1, 0.15) is 26.0 Å². The molecule has 0 N–H and O–H groups in total. The van der Waals surface area contributed by atoms with Crippen LogP contribution in [0.4, 0.5) is 0 Å². The zero-order valence-corrected chi connectivity index (χ0v) is 11.9. The van der Waals surface area contributed by atoms with E-state index in [0.717, 1.165) is 38.3 Å². The lowest BCUT2D eigenvalue weighted by Crippen LogP contribution is -2.38. The van der Waals surface area contributed by atoms with Crippen molar-refractivity contribution in [1.29, 1.82) is 0 Å². The van der Waals surface area contributed by atoms with Gasteiger partial charge in [0.25, 0.3) is 0 Å². The molecule has 18 heavy (non-hydrogen) atoms. The van der Waals surface area contributed by atoms with Gasteiger partial charge in [0.15, 0.2) is 0 Å². The van der Waals surface area contributed by atoms with Crippen LogP contribution in [0.15, 0.2) is 10.9 Å². The molecule has 1 aliphatic rings. The summed E-state index contributed by atoms with van der Waals surface area (Å²) in [5.74, 6) is 0.214. The summed E-state index contributed by atoms with van der Waals surface area (Å²) >= 11 is 1.55. The van der Waals surface area contributed by atoms with Crippen LogP contribution < -0.4 is 0 Å². The van der Waals surface area contributed by atoms with Crippen LogP contribution >= 0.6 is 11.3 Å². The summed E-state index contributed by atoms with van der Waals surface area (Å²) in [6.07, 6.45) is 1.52. The minimum absolute atomic E-state index is 0.214. The van der Waals surface area contributed by atoms with E-state index in [1.807, 2.05) is 10.3 Å². The molecular formula is C13H21N3OS. The first kappa shape index (κ1) is 13.5. The number of carbonyl (C=O) groups is 1. The second-order valence-electron chi connectivity index (χ2n) is 5.02. The van der Waals surface area contributed by atoms with Crippen molar-refractivity contribution < 1.29 is 4.79 Å². The molecule has 1 aromatic rings. The Hall–Kier alpha value is -0.940. The molecule has 1 saturated heterocycles. The molecular weight excluding hydrogens is 246 g/mol. The van der Waals surface area contributed by atoms with Crippen LogP contribution in [0.25, 0.3) is 0 Å². The van der Waals surface area contributed by atoms with Crippen molar-refractivity contribution in [1.82, 2.24) is 14.8 Å². The van der Waals surface area contributed by atoms with Crippen molar-refractivity contribution in [3.8, 4) is 0 Å². The minimum Gasteiger partial charge on any atom is -0.341 e. The van der Waals surface area contributed by atoms with Gasteiger partial charge in [-0.2, -0.15) is 0 Å². The van der Waals surface area contributed by atoms with Gasteiger partial charge in [-0.05, 0) is 20.3 Å². The average Bonchev–Trinajstić information content (AvgIpc) is 2.70. The van der Waals surface area contributed by atoms with Crippen molar-refractivity contribution in [3.63, 3.8) is 0 Å². The largest absolute Gasteiger partial charge is 0.341 e. The molecule has 0 unspecified atom stereocenters. The lowest BCUT2D eigenvalue weighted by Gasteiger charge is -2.24. The number of nitrogens with zero attached hydrogens (tertiary/aromatic N) is 3. The molecule has 2 heterocycles. The standard InChI is InChI=1S/C13H21N3OS/c1-11(2)15-4-3-5-16(7-6-15)13(17)8-12-9-18-10-14-12/h9-11H,3-8H2,1-2H3. The van der Waals surface area contributed by atoms with Gasteiger partial charge < -0.3 is 4.90 Å². The third kappa shape index (κ3) is 3.53. The fourth-order valence-electron chi connectivity index (χ4n) is 2.29.